The third-order valence-electron chi connectivity index (χ3n) is 12.7. The van der Waals surface area contributed by atoms with Gasteiger partial charge < -0.3 is 4.90 Å². The zero-order valence-corrected chi connectivity index (χ0v) is 27.9. The molecule has 4 aliphatic carbocycles. The maximum Gasteiger partial charge on any atom is 0.0470 e. The van der Waals surface area contributed by atoms with E-state index in [1.54, 1.807) is 11.1 Å². The highest BCUT2D eigenvalue weighted by Crippen LogP contribution is 2.66. The van der Waals surface area contributed by atoms with Crippen LogP contribution in [-0.4, -0.2) is 0 Å². The summed E-state index contributed by atoms with van der Waals surface area (Å²) in [6.45, 7) is 9.25. The Bertz CT molecular complexity index is 2290. The minimum Gasteiger partial charge on any atom is -0.310 e. The zero-order valence-electron chi connectivity index (χ0n) is 27.9. The molecule has 2 fully saturated rings. The van der Waals surface area contributed by atoms with Crippen molar-refractivity contribution in [2.75, 3.05) is 4.90 Å². The van der Waals surface area contributed by atoms with Crippen molar-refractivity contribution in [1.82, 2.24) is 0 Å². The number of aryl methyl sites for hydroxylation is 2. The average Bonchev–Trinajstić information content (AvgIpc) is 3.82. The molecule has 0 aliphatic heterocycles. The van der Waals surface area contributed by atoms with Crippen LogP contribution in [0.2, 0.25) is 0 Å². The van der Waals surface area contributed by atoms with Crippen molar-refractivity contribution in [3.05, 3.63) is 149 Å². The van der Waals surface area contributed by atoms with E-state index < -0.39 is 0 Å². The number of rotatable bonds is 3. The lowest BCUT2D eigenvalue weighted by atomic mass is 9.67. The van der Waals surface area contributed by atoms with Gasteiger partial charge in [-0.2, -0.15) is 0 Å². The second kappa shape index (κ2) is 9.48. The second-order valence-electron chi connectivity index (χ2n) is 15.6. The summed E-state index contributed by atoms with van der Waals surface area (Å²) in [5.41, 5.74) is 18.0. The molecule has 0 amide bonds. The zero-order chi connectivity index (χ0) is 31.7. The second-order valence-corrected chi connectivity index (χ2v) is 15.6. The van der Waals surface area contributed by atoms with E-state index in [0.717, 1.165) is 11.8 Å². The molecule has 6 aromatic carbocycles. The minimum absolute atomic E-state index is 0.0588. The van der Waals surface area contributed by atoms with Crippen LogP contribution in [-0.2, 0) is 10.8 Å². The van der Waals surface area contributed by atoms with Crippen LogP contribution < -0.4 is 4.90 Å². The number of benzene rings is 6. The van der Waals surface area contributed by atoms with Crippen molar-refractivity contribution in [3.63, 3.8) is 0 Å². The monoisotopic (exact) mass is 607 g/mol. The first-order valence-electron chi connectivity index (χ1n) is 17.6. The van der Waals surface area contributed by atoms with Crippen molar-refractivity contribution in [1.29, 1.82) is 0 Å². The summed E-state index contributed by atoms with van der Waals surface area (Å²) in [5, 5.41) is 2.63. The maximum atomic E-state index is 2.60. The normalized spacial score (nSPS) is 22.4. The van der Waals surface area contributed by atoms with Crippen LogP contribution in [0.15, 0.2) is 115 Å². The van der Waals surface area contributed by atoms with E-state index >= 15 is 0 Å². The highest BCUT2D eigenvalue weighted by Gasteiger charge is 2.56. The predicted octanol–water partition coefficient (Wildman–Crippen LogP) is 12.3. The van der Waals surface area contributed by atoms with Crippen molar-refractivity contribution in [2.45, 2.75) is 64.2 Å². The molecule has 1 spiro atoms. The van der Waals surface area contributed by atoms with Gasteiger partial charge in [-0.1, -0.05) is 105 Å². The first kappa shape index (κ1) is 27.5. The molecule has 1 nitrogen and oxygen atoms in total. The average molecular weight is 608 g/mol. The van der Waals surface area contributed by atoms with Crippen LogP contribution in [0.3, 0.4) is 0 Å². The van der Waals surface area contributed by atoms with E-state index in [1.165, 1.54) is 98.0 Å². The van der Waals surface area contributed by atoms with Crippen molar-refractivity contribution >= 4 is 27.8 Å². The molecule has 4 aliphatic rings. The van der Waals surface area contributed by atoms with E-state index in [2.05, 4.69) is 148 Å². The van der Waals surface area contributed by atoms with Crippen molar-refractivity contribution in [3.8, 4) is 22.3 Å². The molecule has 0 aromatic heterocycles. The number of hydrogen-bond acceptors (Lipinski definition) is 1. The standard InChI is InChI=1S/C46H41N/c1-28-13-18-36-29(2)22-35(24-31(36)21-28)47(33-16-19-39-37-9-5-7-11-41(37)45(3,4)43(39)25-33)34-17-20-40-38-10-6-8-12-42(38)46(44(40)26-34)27-30-14-15-32(46)23-30/h5-13,16-22,24-26,30,32H,14-15,23,27H2,1-4H3. The molecule has 6 aromatic rings. The molecular formula is C46H41N. The summed E-state index contributed by atoms with van der Waals surface area (Å²) >= 11 is 0. The number of hydrogen-bond donors (Lipinski definition) is 0. The van der Waals surface area contributed by atoms with Gasteiger partial charge in [0.25, 0.3) is 0 Å². The molecule has 3 atom stereocenters. The summed E-state index contributed by atoms with van der Waals surface area (Å²) in [7, 11) is 0. The largest absolute Gasteiger partial charge is 0.310 e. The fraction of sp³-hybridized carbons (Fsp3) is 0.261. The van der Waals surface area contributed by atoms with Crippen LogP contribution in [0, 0.1) is 25.7 Å². The number of nitrogens with zero attached hydrogens (tertiary/aromatic N) is 1. The Labute approximate surface area is 278 Å². The first-order chi connectivity index (χ1) is 22.8. The summed E-state index contributed by atoms with van der Waals surface area (Å²) in [6.07, 6.45) is 5.44. The third-order valence-corrected chi connectivity index (χ3v) is 12.7. The van der Waals surface area contributed by atoms with Gasteiger partial charge in [-0.05, 0) is 142 Å². The van der Waals surface area contributed by atoms with Gasteiger partial charge >= 0.3 is 0 Å². The van der Waals surface area contributed by atoms with Gasteiger partial charge in [0.2, 0.25) is 0 Å². The fourth-order valence-electron chi connectivity index (χ4n) is 10.6. The summed E-state index contributed by atoms with van der Waals surface area (Å²) in [5.74, 6) is 1.59. The predicted molar refractivity (Wildman–Crippen MR) is 197 cm³/mol. The molecule has 0 saturated heterocycles. The molecule has 2 bridgehead atoms. The number of anilines is 3. The molecule has 47 heavy (non-hydrogen) atoms. The van der Waals surface area contributed by atoms with Gasteiger partial charge in [0.1, 0.15) is 0 Å². The molecule has 3 unspecified atom stereocenters. The van der Waals surface area contributed by atoms with Gasteiger partial charge in [0, 0.05) is 27.9 Å². The quantitative estimate of drug-likeness (QED) is 0.193. The molecular weight excluding hydrogens is 567 g/mol. The maximum absolute atomic E-state index is 2.60. The van der Waals surface area contributed by atoms with Crippen LogP contribution >= 0.6 is 0 Å². The SMILES string of the molecule is Cc1ccc2c(C)cc(N(c3ccc4c(c3)C(C)(C)c3ccccc3-4)c3ccc4c(c3)C3(CC5CCC3C5)c3ccccc3-4)cc2c1. The van der Waals surface area contributed by atoms with Crippen LogP contribution in [0.25, 0.3) is 33.0 Å². The molecule has 10 rings (SSSR count). The van der Waals surface area contributed by atoms with Crippen LogP contribution in [0.5, 0.6) is 0 Å². The van der Waals surface area contributed by atoms with Crippen LogP contribution in [0.4, 0.5) is 17.1 Å². The highest BCUT2D eigenvalue weighted by molar-refractivity contribution is 5.94. The topological polar surface area (TPSA) is 3.24 Å². The van der Waals surface area contributed by atoms with Crippen molar-refractivity contribution < 1.29 is 0 Å². The Morgan fingerprint density at radius 2 is 1.23 bits per heavy atom. The smallest absolute Gasteiger partial charge is 0.0470 e. The lowest BCUT2D eigenvalue weighted by molar-refractivity contribution is 0.327. The Morgan fingerprint density at radius 1 is 0.574 bits per heavy atom. The fourth-order valence-corrected chi connectivity index (χ4v) is 10.6. The number of fused-ring (bicyclic) bond motifs is 12. The van der Waals surface area contributed by atoms with Gasteiger partial charge in [0.05, 0.1) is 0 Å². The molecule has 0 heterocycles. The van der Waals surface area contributed by atoms with Gasteiger partial charge in [-0.25, -0.2) is 0 Å². The van der Waals surface area contributed by atoms with E-state index in [-0.39, 0.29) is 10.8 Å². The van der Waals surface area contributed by atoms with E-state index in [9.17, 15) is 0 Å². The molecule has 230 valence electrons. The van der Waals surface area contributed by atoms with Crippen LogP contribution in [0.1, 0.15) is 72.9 Å². The Hall–Kier alpha value is -4.62. The lowest BCUT2D eigenvalue weighted by Gasteiger charge is -2.37. The first-order valence-corrected chi connectivity index (χ1v) is 17.6. The van der Waals surface area contributed by atoms with Gasteiger partial charge in [0.15, 0.2) is 0 Å². The Balaban J connectivity index is 1.21. The lowest BCUT2D eigenvalue weighted by Crippen LogP contribution is -2.32. The molecule has 1 heteroatoms. The van der Waals surface area contributed by atoms with E-state index in [1.807, 2.05) is 0 Å². The summed E-state index contributed by atoms with van der Waals surface area (Å²) < 4.78 is 0. The van der Waals surface area contributed by atoms with Crippen molar-refractivity contribution in [2.24, 2.45) is 11.8 Å². The van der Waals surface area contributed by atoms with E-state index in [4.69, 9.17) is 0 Å². The van der Waals surface area contributed by atoms with E-state index in [0.29, 0.717) is 0 Å². The molecule has 0 radical (unpaired) electrons. The summed E-state index contributed by atoms with van der Waals surface area (Å²) in [4.78, 5) is 2.55. The Kier molecular flexibility index (Phi) is 5.54. The molecule has 2 saturated carbocycles. The summed E-state index contributed by atoms with van der Waals surface area (Å²) in [6, 6.07) is 44.7. The molecule has 0 N–H and O–H groups in total. The van der Waals surface area contributed by atoms with Gasteiger partial charge in [-0.3, -0.25) is 0 Å². The highest BCUT2D eigenvalue weighted by atomic mass is 15.1. The minimum atomic E-state index is -0.0588. The van der Waals surface area contributed by atoms with Gasteiger partial charge in [-0.15, -0.1) is 0 Å². The Morgan fingerprint density at radius 3 is 1.96 bits per heavy atom. The third kappa shape index (κ3) is 3.66.